The van der Waals surface area contributed by atoms with Crippen molar-refractivity contribution in [1.29, 1.82) is 0 Å². The number of hydrogen-bond donors (Lipinski definition) is 2. The molecule has 0 aliphatic carbocycles. The SMILES string of the molecule is CN=C(NCCc1ccc2c(c1)OCO2)NCC(C)Cn1cccn1.I. The van der Waals surface area contributed by atoms with Gasteiger partial charge in [-0.2, -0.15) is 5.10 Å². The summed E-state index contributed by atoms with van der Waals surface area (Å²) in [5, 5.41) is 10.9. The van der Waals surface area contributed by atoms with Crippen LogP contribution >= 0.6 is 24.0 Å². The largest absolute Gasteiger partial charge is 0.454 e. The van der Waals surface area contributed by atoms with E-state index in [2.05, 4.69) is 33.7 Å². The molecule has 0 amide bonds. The van der Waals surface area contributed by atoms with Crippen molar-refractivity contribution < 1.29 is 9.47 Å². The molecule has 1 unspecified atom stereocenters. The number of nitrogens with one attached hydrogen (secondary N) is 2. The molecule has 1 atom stereocenters. The summed E-state index contributed by atoms with van der Waals surface area (Å²) in [6, 6.07) is 8.00. The first-order valence-corrected chi connectivity index (χ1v) is 8.55. The molecule has 0 fully saturated rings. The van der Waals surface area contributed by atoms with Crippen molar-refractivity contribution in [2.24, 2.45) is 10.9 Å². The van der Waals surface area contributed by atoms with Gasteiger partial charge in [-0.15, -0.1) is 24.0 Å². The van der Waals surface area contributed by atoms with Gasteiger partial charge in [0.25, 0.3) is 0 Å². The van der Waals surface area contributed by atoms with E-state index in [9.17, 15) is 0 Å². The van der Waals surface area contributed by atoms with Crippen LogP contribution in [0.4, 0.5) is 0 Å². The van der Waals surface area contributed by atoms with Crippen LogP contribution in [0.3, 0.4) is 0 Å². The van der Waals surface area contributed by atoms with E-state index in [0.717, 1.165) is 43.5 Å². The predicted octanol–water partition coefficient (Wildman–Crippen LogP) is 2.27. The van der Waals surface area contributed by atoms with E-state index >= 15 is 0 Å². The predicted molar refractivity (Wildman–Crippen MR) is 112 cm³/mol. The van der Waals surface area contributed by atoms with E-state index in [1.54, 1.807) is 13.2 Å². The van der Waals surface area contributed by atoms with Crippen LogP contribution in [0.2, 0.25) is 0 Å². The minimum absolute atomic E-state index is 0. The lowest BCUT2D eigenvalue weighted by atomic mass is 10.1. The number of nitrogens with zero attached hydrogens (tertiary/aromatic N) is 3. The van der Waals surface area contributed by atoms with Crippen molar-refractivity contribution >= 4 is 29.9 Å². The molecule has 2 heterocycles. The van der Waals surface area contributed by atoms with Gasteiger partial charge in [-0.25, -0.2) is 0 Å². The topological polar surface area (TPSA) is 72.7 Å². The van der Waals surface area contributed by atoms with Crippen LogP contribution in [-0.2, 0) is 13.0 Å². The third kappa shape index (κ3) is 5.79. The normalized spacial score (nSPS) is 13.8. The van der Waals surface area contributed by atoms with Crippen LogP contribution in [0.5, 0.6) is 11.5 Å². The van der Waals surface area contributed by atoms with Gasteiger partial charge in [0.1, 0.15) is 0 Å². The summed E-state index contributed by atoms with van der Waals surface area (Å²) in [6.45, 7) is 5.02. The first-order valence-electron chi connectivity index (χ1n) is 8.55. The lowest BCUT2D eigenvalue weighted by Crippen LogP contribution is -2.40. The molecule has 2 aromatic rings. The van der Waals surface area contributed by atoms with E-state index in [0.29, 0.717) is 12.7 Å². The molecule has 142 valence electrons. The average molecular weight is 471 g/mol. The summed E-state index contributed by atoms with van der Waals surface area (Å²) < 4.78 is 12.7. The average Bonchev–Trinajstić information content (AvgIpc) is 3.28. The first-order chi connectivity index (χ1) is 12.2. The summed E-state index contributed by atoms with van der Waals surface area (Å²) in [5.74, 6) is 2.91. The van der Waals surface area contributed by atoms with Crippen LogP contribution in [0.15, 0.2) is 41.7 Å². The molecule has 0 saturated heterocycles. The number of ether oxygens (including phenoxy) is 2. The van der Waals surface area contributed by atoms with E-state index in [1.807, 2.05) is 29.1 Å². The molecule has 0 bridgehead atoms. The molecule has 8 heteroatoms. The molecule has 1 aromatic heterocycles. The molecule has 2 N–H and O–H groups in total. The van der Waals surface area contributed by atoms with Gasteiger partial charge in [-0.05, 0) is 36.1 Å². The summed E-state index contributed by atoms with van der Waals surface area (Å²) in [4.78, 5) is 4.27. The van der Waals surface area contributed by atoms with Crippen molar-refractivity contribution in [2.45, 2.75) is 19.9 Å². The number of fused-ring (bicyclic) bond motifs is 1. The number of guanidine groups is 1. The van der Waals surface area contributed by atoms with Gasteiger partial charge in [0.05, 0.1) is 0 Å². The smallest absolute Gasteiger partial charge is 0.231 e. The van der Waals surface area contributed by atoms with E-state index in [-0.39, 0.29) is 24.0 Å². The van der Waals surface area contributed by atoms with Crippen molar-refractivity contribution in [3.05, 3.63) is 42.2 Å². The maximum atomic E-state index is 5.41. The molecule has 26 heavy (non-hydrogen) atoms. The van der Waals surface area contributed by atoms with Crippen LogP contribution in [-0.4, -0.2) is 42.7 Å². The van der Waals surface area contributed by atoms with Gasteiger partial charge in [0.15, 0.2) is 17.5 Å². The molecule has 3 rings (SSSR count). The van der Waals surface area contributed by atoms with Gasteiger partial charge in [-0.1, -0.05) is 13.0 Å². The fraction of sp³-hybridized carbons (Fsp3) is 0.444. The maximum Gasteiger partial charge on any atom is 0.231 e. The molecule has 0 saturated carbocycles. The Labute approximate surface area is 171 Å². The first kappa shape index (κ1) is 20.3. The minimum Gasteiger partial charge on any atom is -0.454 e. The third-order valence-electron chi connectivity index (χ3n) is 4.04. The molecule has 0 radical (unpaired) electrons. The number of hydrogen-bond acceptors (Lipinski definition) is 4. The summed E-state index contributed by atoms with van der Waals surface area (Å²) in [7, 11) is 1.79. The Morgan fingerprint density at radius 2 is 2.15 bits per heavy atom. The Hall–Kier alpha value is -1.97. The summed E-state index contributed by atoms with van der Waals surface area (Å²) in [5.41, 5.74) is 1.21. The van der Waals surface area contributed by atoms with Crippen LogP contribution < -0.4 is 20.1 Å². The zero-order valence-corrected chi connectivity index (χ0v) is 17.5. The monoisotopic (exact) mass is 471 g/mol. The van der Waals surface area contributed by atoms with Crippen molar-refractivity contribution in [3.8, 4) is 11.5 Å². The van der Waals surface area contributed by atoms with Gasteiger partial charge >= 0.3 is 0 Å². The molecular weight excluding hydrogens is 445 g/mol. The van der Waals surface area contributed by atoms with E-state index < -0.39 is 0 Å². The third-order valence-corrected chi connectivity index (χ3v) is 4.04. The number of aliphatic imine (C=N–C) groups is 1. The molecule has 7 nitrogen and oxygen atoms in total. The molecule has 1 aliphatic rings. The number of benzene rings is 1. The molecule has 1 aliphatic heterocycles. The van der Waals surface area contributed by atoms with E-state index in [1.165, 1.54) is 5.56 Å². The minimum atomic E-state index is 0. The lowest BCUT2D eigenvalue weighted by molar-refractivity contribution is 0.174. The van der Waals surface area contributed by atoms with Gasteiger partial charge in [0, 0.05) is 39.1 Å². The second kappa shape index (κ2) is 10.2. The Morgan fingerprint density at radius 3 is 2.92 bits per heavy atom. The van der Waals surface area contributed by atoms with Crippen molar-refractivity contribution in [2.75, 3.05) is 26.9 Å². The van der Waals surface area contributed by atoms with Crippen LogP contribution in [0.25, 0.3) is 0 Å². The van der Waals surface area contributed by atoms with Gasteiger partial charge < -0.3 is 20.1 Å². The highest BCUT2D eigenvalue weighted by atomic mass is 127. The Balaban J connectivity index is 0.00000243. The van der Waals surface area contributed by atoms with E-state index in [4.69, 9.17) is 9.47 Å². The summed E-state index contributed by atoms with van der Waals surface area (Å²) in [6.07, 6.45) is 4.67. The fourth-order valence-corrected chi connectivity index (χ4v) is 2.71. The van der Waals surface area contributed by atoms with Gasteiger partial charge in [-0.3, -0.25) is 9.67 Å². The Kier molecular flexibility index (Phi) is 8.02. The molecule has 0 spiro atoms. The lowest BCUT2D eigenvalue weighted by Gasteiger charge is -2.16. The molecule has 1 aromatic carbocycles. The van der Waals surface area contributed by atoms with Gasteiger partial charge in [0.2, 0.25) is 6.79 Å². The van der Waals surface area contributed by atoms with Crippen molar-refractivity contribution in [3.63, 3.8) is 0 Å². The second-order valence-corrected chi connectivity index (χ2v) is 6.15. The quantitative estimate of drug-likeness (QED) is 0.369. The molecular formula is C18H26IN5O2. The highest BCUT2D eigenvalue weighted by molar-refractivity contribution is 14.0. The van der Waals surface area contributed by atoms with Crippen molar-refractivity contribution in [1.82, 2.24) is 20.4 Å². The highest BCUT2D eigenvalue weighted by Gasteiger charge is 2.13. The Bertz CT molecular complexity index is 706. The summed E-state index contributed by atoms with van der Waals surface area (Å²) >= 11 is 0. The fourth-order valence-electron chi connectivity index (χ4n) is 2.71. The standard InChI is InChI=1S/C18H25N5O2.HI/c1-14(12-23-9-3-7-22-23)11-21-18(19-2)20-8-6-15-4-5-16-17(10-15)25-13-24-16;/h3-5,7,9-10,14H,6,8,11-13H2,1-2H3,(H2,19,20,21);1H. The highest BCUT2D eigenvalue weighted by Crippen LogP contribution is 2.32. The Morgan fingerprint density at radius 1 is 1.31 bits per heavy atom. The van der Waals surface area contributed by atoms with Crippen LogP contribution in [0, 0.1) is 5.92 Å². The zero-order valence-electron chi connectivity index (χ0n) is 15.1. The number of aromatic nitrogens is 2. The van der Waals surface area contributed by atoms with Crippen LogP contribution in [0.1, 0.15) is 12.5 Å². The zero-order chi connectivity index (χ0) is 17.5. The number of rotatable bonds is 7. The second-order valence-electron chi connectivity index (χ2n) is 6.15. The maximum absolute atomic E-state index is 5.41. The number of halogens is 1.